The van der Waals surface area contributed by atoms with Gasteiger partial charge in [0.15, 0.2) is 18.2 Å². The first-order valence-electron chi connectivity index (χ1n) is 5.47. The van der Waals surface area contributed by atoms with Crippen LogP contribution < -0.4 is 10.1 Å². The molecule has 0 spiro atoms. The molecule has 2 rings (SSSR count). The molecule has 0 radical (unpaired) electrons. The Labute approximate surface area is 108 Å². The van der Waals surface area contributed by atoms with Gasteiger partial charge in [-0.1, -0.05) is 6.07 Å². The van der Waals surface area contributed by atoms with Crippen LogP contribution in [0.4, 0.5) is 10.2 Å². The Bertz CT molecular complexity index is 590. The van der Waals surface area contributed by atoms with Gasteiger partial charge in [-0.25, -0.2) is 9.37 Å². The van der Waals surface area contributed by atoms with Crippen LogP contribution in [-0.2, 0) is 4.79 Å². The summed E-state index contributed by atoms with van der Waals surface area (Å²) in [5.74, 6) is -0.782. The molecular formula is C13H11FN2O3. The smallest absolute Gasteiger partial charge is 0.263 e. The first-order chi connectivity index (χ1) is 9.15. The maximum absolute atomic E-state index is 12.9. The number of nitrogens with zero attached hydrogens (tertiary/aromatic N) is 1. The molecule has 0 atom stereocenters. The van der Waals surface area contributed by atoms with Gasteiger partial charge in [0.2, 0.25) is 0 Å². The second-order valence-electron chi connectivity index (χ2n) is 3.67. The summed E-state index contributed by atoms with van der Waals surface area (Å²) in [6.45, 7) is -0.306. The summed E-state index contributed by atoms with van der Waals surface area (Å²) in [7, 11) is 0. The lowest BCUT2D eigenvalue weighted by atomic mass is 10.3. The summed E-state index contributed by atoms with van der Waals surface area (Å²) < 4.78 is 18.0. The van der Waals surface area contributed by atoms with Crippen molar-refractivity contribution in [3.05, 3.63) is 48.4 Å². The Morgan fingerprint density at radius 3 is 2.95 bits per heavy atom. The normalized spacial score (nSPS) is 9.95. The maximum atomic E-state index is 12.9. The first-order valence-corrected chi connectivity index (χ1v) is 5.47. The van der Waals surface area contributed by atoms with E-state index in [1.165, 1.54) is 42.6 Å². The van der Waals surface area contributed by atoms with Crippen LogP contribution in [0.5, 0.6) is 11.5 Å². The Hall–Kier alpha value is -2.63. The van der Waals surface area contributed by atoms with Crippen molar-refractivity contribution in [1.29, 1.82) is 0 Å². The molecule has 0 bridgehead atoms. The van der Waals surface area contributed by atoms with E-state index in [0.717, 1.165) is 0 Å². The fraction of sp³-hybridized carbons (Fsp3) is 0.0769. The maximum Gasteiger partial charge on any atom is 0.263 e. The molecular weight excluding hydrogens is 251 g/mol. The van der Waals surface area contributed by atoms with Crippen molar-refractivity contribution in [3.63, 3.8) is 0 Å². The van der Waals surface area contributed by atoms with Gasteiger partial charge in [-0.2, -0.15) is 0 Å². The number of ether oxygens (including phenoxy) is 1. The molecule has 1 aromatic heterocycles. The van der Waals surface area contributed by atoms with Crippen molar-refractivity contribution < 1.29 is 19.0 Å². The monoisotopic (exact) mass is 262 g/mol. The molecule has 1 aromatic carbocycles. The zero-order valence-corrected chi connectivity index (χ0v) is 9.84. The van der Waals surface area contributed by atoms with E-state index in [2.05, 4.69) is 10.3 Å². The van der Waals surface area contributed by atoms with Crippen LogP contribution in [0.15, 0.2) is 42.6 Å². The third-order valence-electron chi connectivity index (χ3n) is 2.21. The lowest BCUT2D eigenvalue weighted by Crippen LogP contribution is -2.20. The van der Waals surface area contributed by atoms with Gasteiger partial charge in [-0.3, -0.25) is 4.79 Å². The number of carbonyl (C=O) groups excluding carboxylic acids is 1. The van der Waals surface area contributed by atoms with Crippen molar-refractivity contribution in [1.82, 2.24) is 4.98 Å². The number of nitrogens with one attached hydrogen (secondary N) is 1. The molecule has 0 aliphatic rings. The number of hydrogen-bond acceptors (Lipinski definition) is 4. The summed E-state index contributed by atoms with van der Waals surface area (Å²) in [5, 5.41) is 11.8. The largest absolute Gasteiger partial charge is 0.504 e. The lowest BCUT2D eigenvalue weighted by Gasteiger charge is -2.07. The van der Waals surface area contributed by atoms with Gasteiger partial charge in [0.05, 0.1) is 0 Å². The number of carbonyl (C=O) groups is 1. The molecule has 0 saturated carbocycles. The SMILES string of the molecule is O=C(COc1cccc(F)c1)Nc1ncccc1O. The topological polar surface area (TPSA) is 71.5 Å². The fourth-order valence-electron chi connectivity index (χ4n) is 1.37. The van der Waals surface area contributed by atoms with E-state index in [4.69, 9.17) is 4.74 Å². The molecule has 0 aliphatic heterocycles. The Morgan fingerprint density at radius 2 is 2.21 bits per heavy atom. The van der Waals surface area contributed by atoms with E-state index in [9.17, 15) is 14.3 Å². The number of aromatic hydroxyl groups is 1. The van der Waals surface area contributed by atoms with Crippen LogP contribution in [-0.4, -0.2) is 22.6 Å². The highest BCUT2D eigenvalue weighted by molar-refractivity contribution is 5.92. The number of benzene rings is 1. The third-order valence-corrected chi connectivity index (χ3v) is 2.21. The van der Waals surface area contributed by atoms with Crippen LogP contribution >= 0.6 is 0 Å². The predicted molar refractivity (Wildman–Crippen MR) is 66.4 cm³/mol. The number of anilines is 1. The Morgan fingerprint density at radius 1 is 1.37 bits per heavy atom. The van der Waals surface area contributed by atoms with Gasteiger partial charge >= 0.3 is 0 Å². The molecule has 6 heteroatoms. The van der Waals surface area contributed by atoms with E-state index in [0.29, 0.717) is 0 Å². The molecule has 2 aromatic rings. The fourth-order valence-corrected chi connectivity index (χ4v) is 1.37. The highest BCUT2D eigenvalue weighted by Gasteiger charge is 2.08. The molecule has 0 saturated heterocycles. The minimum Gasteiger partial charge on any atom is -0.504 e. The van der Waals surface area contributed by atoms with E-state index < -0.39 is 11.7 Å². The van der Waals surface area contributed by atoms with Gasteiger partial charge < -0.3 is 15.2 Å². The van der Waals surface area contributed by atoms with E-state index in [1.807, 2.05) is 0 Å². The summed E-state index contributed by atoms with van der Waals surface area (Å²) in [4.78, 5) is 15.3. The zero-order valence-electron chi connectivity index (χ0n) is 9.84. The van der Waals surface area contributed by atoms with Gasteiger partial charge in [0.25, 0.3) is 5.91 Å². The van der Waals surface area contributed by atoms with E-state index >= 15 is 0 Å². The molecule has 2 N–H and O–H groups in total. The van der Waals surface area contributed by atoms with Crippen molar-refractivity contribution in [2.24, 2.45) is 0 Å². The van der Waals surface area contributed by atoms with Gasteiger partial charge in [-0.15, -0.1) is 0 Å². The summed E-state index contributed by atoms with van der Waals surface area (Å²) in [6, 6.07) is 8.40. The molecule has 19 heavy (non-hydrogen) atoms. The average molecular weight is 262 g/mol. The van der Waals surface area contributed by atoms with Gasteiger partial charge in [-0.05, 0) is 24.3 Å². The number of pyridine rings is 1. The Kier molecular flexibility index (Phi) is 3.92. The first kappa shape index (κ1) is 12.8. The zero-order chi connectivity index (χ0) is 13.7. The van der Waals surface area contributed by atoms with Crippen molar-refractivity contribution >= 4 is 11.7 Å². The quantitative estimate of drug-likeness (QED) is 0.883. The van der Waals surface area contributed by atoms with Crippen LogP contribution in [0.1, 0.15) is 0 Å². The number of hydrogen-bond donors (Lipinski definition) is 2. The molecule has 0 aliphatic carbocycles. The van der Waals surface area contributed by atoms with Crippen LogP contribution in [0.2, 0.25) is 0 Å². The van der Waals surface area contributed by atoms with Crippen LogP contribution in [0.3, 0.4) is 0 Å². The number of amides is 1. The molecule has 0 unspecified atom stereocenters. The summed E-state index contributed by atoms with van der Waals surface area (Å²) in [6.07, 6.45) is 1.43. The highest BCUT2D eigenvalue weighted by Crippen LogP contribution is 2.18. The summed E-state index contributed by atoms with van der Waals surface area (Å²) >= 11 is 0. The van der Waals surface area contributed by atoms with Crippen molar-refractivity contribution in [2.75, 3.05) is 11.9 Å². The number of halogens is 1. The molecule has 5 nitrogen and oxygen atoms in total. The van der Waals surface area contributed by atoms with E-state index in [1.54, 1.807) is 0 Å². The average Bonchev–Trinajstić information content (AvgIpc) is 2.39. The Balaban J connectivity index is 1.90. The third kappa shape index (κ3) is 3.67. The molecule has 0 fully saturated rings. The molecule has 1 amide bonds. The predicted octanol–water partition coefficient (Wildman–Crippen LogP) is 1.94. The minimum atomic E-state index is -0.502. The standard InChI is InChI=1S/C13H11FN2O3/c14-9-3-1-4-10(7-9)19-8-12(18)16-13-11(17)5-2-6-15-13/h1-7,17H,8H2,(H,15,16,18). The van der Waals surface area contributed by atoms with Crippen molar-refractivity contribution in [2.45, 2.75) is 0 Å². The summed E-state index contributed by atoms with van der Waals surface area (Å²) in [5.41, 5.74) is 0. The van der Waals surface area contributed by atoms with E-state index in [-0.39, 0.29) is 23.9 Å². The lowest BCUT2D eigenvalue weighted by molar-refractivity contribution is -0.118. The minimum absolute atomic E-state index is 0.0512. The van der Waals surface area contributed by atoms with Gasteiger partial charge in [0.1, 0.15) is 11.6 Å². The molecule has 98 valence electrons. The van der Waals surface area contributed by atoms with Crippen LogP contribution in [0, 0.1) is 5.82 Å². The van der Waals surface area contributed by atoms with Crippen LogP contribution in [0.25, 0.3) is 0 Å². The second kappa shape index (κ2) is 5.81. The second-order valence-corrected chi connectivity index (χ2v) is 3.67. The number of rotatable bonds is 4. The number of aromatic nitrogens is 1. The molecule has 1 heterocycles. The van der Waals surface area contributed by atoms with Crippen molar-refractivity contribution in [3.8, 4) is 11.5 Å². The van der Waals surface area contributed by atoms with Gasteiger partial charge in [0, 0.05) is 12.3 Å². The highest BCUT2D eigenvalue weighted by atomic mass is 19.1.